The van der Waals surface area contributed by atoms with Crippen molar-refractivity contribution in [2.24, 2.45) is 5.92 Å². The van der Waals surface area contributed by atoms with E-state index in [0.29, 0.717) is 55.2 Å². The molecule has 234 valence electrons. The van der Waals surface area contributed by atoms with E-state index < -0.39 is 36.2 Å². The second-order valence-electron chi connectivity index (χ2n) is 10.9. The highest BCUT2D eigenvalue weighted by Gasteiger charge is 2.31. The molecule has 2 aliphatic rings. The molecule has 0 spiro atoms. The number of benzene rings is 2. The number of rotatable bonds is 9. The van der Waals surface area contributed by atoms with Crippen molar-refractivity contribution in [2.75, 3.05) is 44.7 Å². The zero-order valence-electron chi connectivity index (χ0n) is 24.0. The lowest BCUT2D eigenvalue weighted by Crippen LogP contribution is -2.36. The van der Waals surface area contributed by atoms with Crippen LogP contribution in [0.3, 0.4) is 0 Å². The van der Waals surface area contributed by atoms with Crippen LogP contribution in [0.5, 0.6) is 11.5 Å². The Morgan fingerprint density at radius 1 is 1.07 bits per heavy atom. The zero-order chi connectivity index (χ0) is 31.4. The molecule has 0 atom stereocenters. The molecule has 0 bridgehead atoms. The van der Waals surface area contributed by atoms with Crippen molar-refractivity contribution in [1.82, 2.24) is 9.88 Å². The van der Waals surface area contributed by atoms with Crippen LogP contribution in [0.15, 0.2) is 54.6 Å². The van der Waals surface area contributed by atoms with Gasteiger partial charge in [0, 0.05) is 43.4 Å². The van der Waals surface area contributed by atoms with E-state index in [1.54, 1.807) is 36.4 Å². The van der Waals surface area contributed by atoms with E-state index in [1.807, 2.05) is 11.0 Å². The number of halogens is 5. The van der Waals surface area contributed by atoms with Crippen molar-refractivity contribution in [3.63, 3.8) is 0 Å². The fourth-order valence-electron chi connectivity index (χ4n) is 5.59. The van der Waals surface area contributed by atoms with Crippen molar-refractivity contribution in [3.05, 3.63) is 77.4 Å². The summed E-state index contributed by atoms with van der Waals surface area (Å²) in [5.74, 6) is -2.10. The van der Waals surface area contributed by atoms with Crippen LogP contribution in [0, 0.1) is 17.6 Å². The number of methoxy groups -OCH3 is 1. The molecule has 5 rings (SSSR count). The highest BCUT2D eigenvalue weighted by atomic mass is 19.4. The van der Waals surface area contributed by atoms with Gasteiger partial charge in [-0.15, -0.1) is 0 Å². The third kappa shape index (κ3) is 7.47. The number of piperidine rings is 1. The Morgan fingerprint density at radius 2 is 1.84 bits per heavy atom. The van der Waals surface area contributed by atoms with Crippen LogP contribution < -0.4 is 14.4 Å². The molecule has 0 amide bonds. The number of pyridine rings is 1. The number of carboxylic acid groups (broad SMARTS) is 1. The van der Waals surface area contributed by atoms with Crippen molar-refractivity contribution < 1.29 is 41.3 Å². The van der Waals surface area contributed by atoms with Gasteiger partial charge in [0.1, 0.15) is 24.0 Å². The summed E-state index contributed by atoms with van der Waals surface area (Å²) in [7, 11) is 1.47. The monoisotopic (exact) mass is 617 g/mol. The Kier molecular flexibility index (Phi) is 9.38. The number of aliphatic carboxylic acids is 1. The Balaban J connectivity index is 1.33. The number of aromatic nitrogens is 1. The minimum atomic E-state index is -4.25. The number of ether oxygens (including phenoxy) is 2. The molecule has 3 aromatic rings. The Hall–Kier alpha value is -4.19. The highest BCUT2D eigenvalue weighted by Crippen LogP contribution is 2.36. The molecule has 1 saturated heterocycles. The first-order valence-electron chi connectivity index (χ1n) is 14.2. The van der Waals surface area contributed by atoms with Crippen LogP contribution in [-0.4, -0.2) is 67.0 Å². The van der Waals surface area contributed by atoms with Crippen LogP contribution in [-0.2, 0) is 11.4 Å². The zero-order valence-corrected chi connectivity index (χ0v) is 24.0. The summed E-state index contributed by atoms with van der Waals surface area (Å²) in [5.41, 5.74) is 2.71. The van der Waals surface area contributed by atoms with E-state index in [9.17, 15) is 27.5 Å². The fourth-order valence-corrected chi connectivity index (χ4v) is 5.59. The lowest BCUT2D eigenvalue weighted by atomic mass is 9.97. The average Bonchev–Trinajstić information content (AvgIpc) is 3.00. The van der Waals surface area contributed by atoms with Crippen molar-refractivity contribution >= 4 is 17.4 Å². The maximum atomic E-state index is 15.1. The fraction of sp³-hybridized carbons (Fsp3) is 0.375. The Labute approximate surface area is 251 Å². The van der Waals surface area contributed by atoms with Crippen molar-refractivity contribution in [2.45, 2.75) is 32.0 Å². The molecule has 0 unspecified atom stereocenters. The molecule has 44 heavy (non-hydrogen) atoms. The first kappa shape index (κ1) is 31.2. The highest BCUT2D eigenvalue weighted by molar-refractivity contribution is 5.71. The number of nitrogens with zero attached hydrogens (tertiary/aromatic N) is 3. The molecule has 3 heterocycles. The first-order chi connectivity index (χ1) is 21.0. The molecular weight excluding hydrogens is 585 g/mol. The number of alkyl halides is 3. The molecule has 1 N–H and O–H groups in total. The first-order valence-corrected chi connectivity index (χ1v) is 14.2. The van der Waals surface area contributed by atoms with E-state index in [4.69, 9.17) is 9.47 Å². The Bertz CT molecular complexity index is 1540. The summed E-state index contributed by atoms with van der Waals surface area (Å²) in [6.45, 7) is 0.383. The molecule has 2 aliphatic heterocycles. The average molecular weight is 618 g/mol. The quantitative estimate of drug-likeness (QED) is 0.273. The molecule has 12 heteroatoms. The molecule has 0 aliphatic carbocycles. The normalized spacial score (nSPS) is 16.5. The van der Waals surface area contributed by atoms with Crippen molar-refractivity contribution in [1.29, 1.82) is 0 Å². The summed E-state index contributed by atoms with van der Waals surface area (Å²) >= 11 is 0. The summed E-state index contributed by atoms with van der Waals surface area (Å²) < 4.78 is 79.2. The predicted octanol–water partition coefficient (Wildman–Crippen LogP) is 6.57. The molecular formula is C32H32F5N3O4. The van der Waals surface area contributed by atoms with Gasteiger partial charge in [-0.05, 0) is 54.7 Å². The van der Waals surface area contributed by atoms with E-state index in [0.717, 1.165) is 23.3 Å². The maximum Gasteiger partial charge on any atom is 0.401 e. The SMILES string of the molecule is COc1cc(C2=CCN(CC(F)(F)F)CC2)ccc1COc1c(F)cc(F)cc1-c1cccc(N2CCC(C(=O)O)CC2)n1. The number of carbonyl (C=O) groups is 1. The van der Waals surface area contributed by atoms with Crippen LogP contribution in [0.25, 0.3) is 16.8 Å². The van der Waals surface area contributed by atoms with Gasteiger partial charge in [-0.1, -0.05) is 24.3 Å². The van der Waals surface area contributed by atoms with Crippen LogP contribution in [0.4, 0.5) is 27.8 Å². The molecule has 0 radical (unpaired) electrons. The summed E-state index contributed by atoms with van der Waals surface area (Å²) in [4.78, 5) is 19.2. The van der Waals surface area contributed by atoms with Gasteiger partial charge < -0.3 is 19.5 Å². The van der Waals surface area contributed by atoms with Gasteiger partial charge in [0.2, 0.25) is 0 Å². The standard InChI is InChI=1S/C32H32F5N3O4/c1-43-28-15-22(20-7-11-39(12-8-20)19-32(35,36)37)5-6-23(28)18-44-30-25(16-24(33)17-26(30)34)27-3-2-4-29(38-27)40-13-9-21(10-14-40)31(41)42/h2-7,15-17,21H,8-14,18-19H2,1H3,(H,41,42). The molecule has 2 aromatic carbocycles. The van der Waals surface area contributed by atoms with Gasteiger partial charge in [0.15, 0.2) is 11.6 Å². The van der Waals surface area contributed by atoms with E-state index in [2.05, 4.69) is 4.98 Å². The van der Waals surface area contributed by atoms with Crippen LogP contribution >= 0.6 is 0 Å². The molecule has 0 saturated carbocycles. The summed E-state index contributed by atoms with van der Waals surface area (Å²) in [6, 6.07) is 12.3. The number of hydrogen-bond acceptors (Lipinski definition) is 6. The smallest absolute Gasteiger partial charge is 0.401 e. The van der Waals surface area contributed by atoms with Gasteiger partial charge in [0.25, 0.3) is 0 Å². The maximum absolute atomic E-state index is 15.1. The largest absolute Gasteiger partial charge is 0.496 e. The van der Waals surface area contributed by atoms with E-state index in [-0.39, 0.29) is 31.0 Å². The van der Waals surface area contributed by atoms with Gasteiger partial charge in [-0.25, -0.2) is 13.8 Å². The lowest BCUT2D eigenvalue weighted by Gasteiger charge is -2.31. The second-order valence-corrected chi connectivity index (χ2v) is 10.9. The third-order valence-corrected chi connectivity index (χ3v) is 7.91. The topological polar surface area (TPSA) is 75.1 Å². The lowest BCUT2D eigenvalue weighted by molar-refractivity contribution is -0.145. The van der Waals surface area contributed by atoms with Crippen LogP contribution in [0.1, 0.15) is 30.4 Å². The van der Waals surface area contributed by atoms with Crippen molar-refractivity contribution in [3.8, 4) is 22.8 Å². The minimum Gasteiger partial charge on any atom is -0.496 e. The summed E-state index contributed by atoms with van der Waals surface area (Å²) in [6.07, 6.45) is -1.09. The minimum absolute atomic E-state index is 0.111. The van der Waals surface area contributed by atoms with E-state index in [1.165, 1.54) is 12.0 Å². The van der Waals surface area contributed by atoms with Crippen LogP contribution in [0.2, 0.25) is 0 Å². The number of hydrogen-bond donors (Lipinski definition) is 1. The molecule has 7 nitrogen and oxygen atoms in total. The molecule has 1 aromatic heterocycles. The number of carboxylic acids is 1. The third-order valence-electron chi connectivity index (χ3n) is 7.91. The van der Waals surface area contributed by atoms with Gasteiger partial charge >= 0.3 is 12.1 Å². The predicted molar refractivity (Wildman–Crippen MR) is 155 cm³/mol. The van der Waals surface area contributed by atoms with Gasteiger partial charge in [-0.3, -0.25) is 9.69 Å². The Morgan fingerprint density at radius 3 is 2.50 bits per heavy atom. The van der Waals surface area contributed by atoms with Gasteiger partial charge in [0.05, 0.1) is 25.3 Å². The second kappa shape index (κ2) is 13.2. The number of anilines is 1. The van der Waals surface area contributed by atoms with Gasteiger partial charge in [-0.2, -0.15) is 13.2 Å². The van der Waals surface area contributed by atoms with E-state index >= 15 is 4.39 Å². The summed E-state index contributed by atoms with van der Waals surface area (Å²) in [5, 5.41) is 9.29. The molecule has 1 fully saturated rings.